The monoisotopic (exact) mass is 353 g/mol. The molecule has 2 N–H and O–H groups in total. The van der Waals surface area contributed by atoms with Crippen LogP contribution in [0, 0.1) is 12.3 Å². The van der Waals surface area contributed by atoms with Crippen molar-refractivity contribution in [3.05, 3.63) is 18.2 Å². The minimum absolute atomic E-state index is 0. The summed E-state index contributed by atoms with van der Waals surface area (Å²) >= 11 is 5.38. The molecule has 1 rings (SSSR count). The second-order valence-electron chi connectivity index (χ2n) is 2.83. The molecule has 95 valence electrons. The van der Waals surface area contributed by atoms with Crippen molar-refractivity contribution in [3.63, 3.8) is 0 Å². The van der Waals surface area contributed by atoms with Gasteiger partial charge in [0.25, 0.3) is 0 Å². The summed E-state index contributed by atoms with van der Waals surface area (Å²) in [5.41, 5.74) is 0.208. The van der Waals surface area contributed by atoms with Crippen LogP contribution in [-0.4, -0.2) is 26.8 Å². The van der Waals surface area contributed by atoms with E-state index in [1.165, 1.54) is 13.8 Å². The number of nitrogens with one attached hydrogen (secondary N) is 2. The average molecular weight is 355 g/mol. The molecule has 0 amide bonds. The molecule has 1 atom stereocenters. The summed E-state index contributed by atoms with van der Waals surface area (Å²) in [7, 11) is 0. The van der Waals surface area contributed by atoms with Gasteiger partial charge in [0.1, 0.15) is 11.2 Å². The van der Waals surface area contributed by atoms with Crippen LogP contribution in [0.2, 0.25) is 0 Å². The van der Waals surface area contributed by atoms with Gasteiger partial charge in [-0.1, -0.05) is 0 Å². The van der Waals surface area contributed by atoms with Gasteiger partial charge < -0.3 is 27.4 Å². The smallest absolute Gasteiger partial charge is 0.153 e. The fourth-order valence-electron chi connectivity index (χ4n) is 0.649. The summed E-state index contributed by atoms with van der Waals surface area (Å²) in [5, 5.41) is 6.16. The fourth-order valence-corrected chi connectivity index (χ4v) is 0.649. The molecule has 1 heterocycles. The second-order valence-corrected chi connectivity index (χ2v) is 3.27. The number of aromatic amines is 1. The fraction of sp³-hybridized carbons (Fsp3) is 0.444. The number of aryl methyl sites for hydroxylation is 1. The van der Waals surface area contributed by atoms with Gasteiger partial charge in [0, 0.05) is 34.9 Å². The van der Waals surface area contributed by atoms with Crippen LogP contribution in [0.5, 0.6) is 0 Å². The van der Waals surface area contributed by atoms with Crippen molar-refractivity contribution in [2.24, 2.45) is 0 Å². The summed E-state index contributed by atoms with van der Waals surface area (Å²) in [6.07, 6.45) is 3.53. The topological polar surface area (TPSA) is 69.6 Å². The first-order valence-corrected chi connectivity index (χ1v) is 4.54. The van der Waals surface area contributed by atoms with Gasteiger partial charge in [-0.15, -0.1) is 11.6 Å². The Kier molecular flexibility index (Phi) is 15.0. The molecule has 1 radical (unpaired) electrons. The second kappa shape index (κ2) is 11.3. The zero-order valence-electron chi connectivity index (χ0n) is 9.18. The molecule has 0 aliphatic carbocycles. The molecule has 0 spiro atoms. The summed E-state index contributed by atoms with van der Waals surface area (Å²) < 4.78 is 0. The van der Waals surface area contributed by atoms with Crippen molar-refractivity contribution in [1.82, 2.24) is 9.97 Å². The number of aromatic nitrogens is 2. The van der Waals surface area contributed by atoms with E-state index in [4.69, 9.17) is 17.0 Å². The zero-order chi connectivity index (χ0) is 11.1. The first-order valence-electron chi connectivity index (χ1n) is 4.10. The molecule has 0 aliphatic rings. The first-order chi connectivity index (χ1) is 6.45. The molecule has 0 bridgehead atoms. The number of hydrogen-bond acceptors (Lipinski definition) is 3. The van der Waals surface area contributed by atoms with E-state index in [1.807, 2.05) is 6.92 Å². The van der Waals surface area contributed by atoms with E-state index < -0.39 is 5.38 Å². The minimum Gasteiger partial charge on any atom is -1.00 e. The van der Waals surface area contributed by atoms with Crippen LogP contribution in [0.3, 0.4) is 0 Å². The van der Waals surface area contributed by atoms with E-state index in [2.05, 4.69) is 9.97 Å². The Labute approximate surface area is 121 Å². The molecule has 1 aromatic heterocycles. The van der Waals surface area contributed by atoms with E-state index in [9.17, 15) is 4.79 Å². The Morgan fingerprint density at radius 2 is 2.06 bits per heavy atom. The van der Waals surface area contributed by atoms with E-state index in [0.29, 0.717) is 0 Å². The average Bonchev–Trinajstić information content (AvgIpc) is 2.55. The molecule has 1 aromatic rings. The van der Waals surface area contributed by atoms with Gasteiger partial charge in [-0.25, -0.2) is 4.98 Å². The molecule has 0 aromatic carbocycles. The predicted molar refractivity (Wildman–Crippen MR) is 57.0 cm³/mol. The van der Waals surface area contributed by atoms with Crippen LogP contribution in [-0.2, 0) is 21.6 Å². The van der Waals surface area contributed by atoms with Crippen LogP contribution >= 0.6 is 11.6 Å². The SMILES string of the molecule is CC(=N)C(Cl)C(C)=O.Cc1ncc[nH]1.[Br-].[Co]. The van der Waals surface area contributed by atoms with Crippen molar-refractivity contribution >= 4 is 23.1 Å². The maximum Gasteiger partial charge on any atom is 0.153 e. The van der Waals surface area contributed by atoms with E-state index >= 15 is 0 Å². The molecule has 4 nitrogen and oxygen atoms in total. The zero-order valence-corrected chi connectivity index (χ0v) is 12.6. The number of H-pyrrole nitrogens is 1. The number of hydrogen-bond donors (Lipinski definition) is 2. The van der Waals surface area contributed by atoms with Gasteiger partial charge in [0.15, 0.2) is 5.78 Å². The van der Waals surface area contributed by atoms with E-state index in [1.54, 1.807) is 12.4 Å². The molecule has 0 fully saturated rings. The normalized spacial score (nSPS) is 9.75. The number of carbonyl (C=O) groups is 1. The molecule has 16 heavy (non-hydrogen) atoms. The number of Topliss-reactive ketones (excluding diaryl/α,β-unsaturated/α-hetero) is 1. The molecular weight excluding hydrogens is 340 g/mol. The minimum atomic E-state index is -0.713. The van der Waals surface area contributed by atoms with Gasteiger partial charge >= 0.3 is 0 Å². The van der Waals surface area contributed by atoms with Gasteiger partial charge in [0.05, 0.1) is 0 Å². The number of ketones is 1. The molecule has 7 heteroatoms. The Hall–Kier alpha value is -0.174. The summed E-state index contributed by atoms with van der Waals surface area (Å²) in [4.78, 5) is 17.1. The number of carbonyl (C=O) groups excluding carboxylic acids is 1. The number of alkyl halides is 1. The van der Waals surface area contributed by atoms with Gasteiger partial charge in [-0.2, -0.15) is 0 Å². The summed E-state index contributed by atoms with van der Waals surface area (Å²) in [6, 6.07) is 0. The van der Waals surface area contributed by atoms with Crippen LogP contribution in [0.15, 0.2) is 12.4 Å². The third-order valence-electron chi connectivity index (χ3n) is 1.37. The van der Waals surface area contributed by atoms with Crippen LogP contribution in [0.4, 0.5) is 0 Å². The summed E-state index contributed by atoms with van der Waals surface area (Å²) in [5.74, 6) is 0.800. The van der Waals surface area contributed by atoms with Crippen molar-refractivity contribution < 1.29 is 38.6 Å². The van der Waals surface area contributed by atoms with Crippen LogP contribution in [0.1, 0.15) is 19.7 Å². The Morgan fingerprint density at radius 3 is 2.12 bits per heavy atom. The Morgan fingerprint density at radius 1 is 1.56 bits per heavy atom. The van der Waals surface area contributed by atoms with Crippen molar-refractivity contribution in [1.29, 1.82) is 5.41 Å². The number of nitrogens with zero attached hydrogens (tertiary/aromatic N) is 1. The standard InChI is InChI=1S/C5H8ClNO.C4H6N2.BrH.Co/c1-3(7)5(6)4(2)8;1-4-5-2-3-6-4;;/h5,7H,1-2H3;2-3H,1H3,(H,5,6);1H;/p-1. The van der Waals surface area contributed by atoms with E-state index in [-0.39, 0.29) is 45.3 Å². The molecule has 0 aliphatic heterocycles. The summed E-state index contributed by atoms with van der Waals surface area (Å²) in [6.45, 7) is 4.80. The Bertz CT molecular complexity index is 292. The predicted octanol–water partition coefficient (Wildman–Crippen LogP) is -1.06. The number of halogens is 2. The molecule has 1 unspecified atom stereocenters. The molecular formula is C9H14BrClCoN3O-. The number of rotatable bonds is 2. The Balaban J connectivity index is -0.000000192. The van der Waals surface area contributed by atoms with Gasteiger partial charge in [-0.05, 0) is 20.8 Å². The maximum absolute atomic E-state index is 10.3. The van der Waals surface area contributed by atoms with Crippen LogP contribution in [0.25, 0.3) is 0 Å². The van der Waals surface area contributed by atoms with Crippen LogP contribution < -0.4 is 17.0 Å². The number of imidazole rings is 1. The quantitative estimate of drug-likeness (QED) is 0.525. The third kappa shape index (κ3) is 10.3. The van der Waals surface area contributed by atoms with Crippen molar-refractivity contribution in [2.75, 3.05) is 0 Å². The van der Waals surface area contributed by atoms with Crippen molar-refractivity contribution in [2.45, 2.75) is 26.1 Å². The third-order valence-corrected chi connectivity index (χ3v) is 2.01. The van der Waals surface area contributed by atoms with Crippen molar-refractivity contribution in [3.8, 4) is 0 Å². The van der Waals surface area contributed by atoms with E-state index in [0.717, 1.165) is 5.82 Å². The largest absolute Gasteiger partial charge is 1.00 e. The first kappa shape index (κ1) is 21.1. The molecule has 0 saturated heterocycles. The maximum atomic E-state index is 10.3. The van der Waals surface area contributed by atoms with Gasteiger partial charge in [0.2, 0.25) is 0 Å². The molecule has 0 saturated carbocycles. The van der Waals surface area contributed by atoms with Gasteiger partial charge in [-0.3, -0.25) is 4.79 Å².